The Morgan fingerprint density at radius 3 is 2.68 bits per heavy atom. The molecular formula is C15H23N3O. The lowest BCUT2D eigenvalue weighted by Crippen LogP contribution is -2.46. The van der Waals surface area contributed by atoms with Gasteiger partial charge in [-0.1, -0.05) is 18.9 Å². The number of aromatic nitrogens is 1. The summed E-state index contributed by atoms with van der Waals surface area (Å²) in [6.45, 7) is 3.94. The molecule has 0 aliphatic heterocycles. The number of pyridine rings is 1. The molecular weight excluding hydrogens is 238 g/mol. The topological polar surface area (TPSA) is 54.0 Å². The molecule has 0 saturated heterocycles. The van der Waals surface area contributed by atoms with Crippen LogP contribution < -0.4 is 10.6 Å². The van der Waals surface area contributed by atoms with E-state index in [1.807, 2.05) is 32.0 Å². The maximum atomic E-state index is 12.1. The molecule has 1 fully saturated rings. The van der Waals surface area contributed by atoms with Crippen LogP contribution in [0.4, 0.5) is 0 Å². The summed E-state index contributed by atoms with van der Waals surface area (Å²) in [6, 6.07) is 6.08. The quantitative estimate of drug-likeness (QED) is 0.854. The number of hydrogen-bond donors (Lipinski definition) is 2. The number of amides is 1. The van der Waals surface area contributed by atoms with Gasteiger partial charge in [0.25, 0.3) is 0 Å². The fourth-order valence-electron chi connectivity index (χ4n) is 2.56. The van der Waals surface area contributed by atoms with E-state index in [2.05, 4.69) is 15.6 Å². The van der Waals surface area contributed by atoms with Crippen LogP contribution in [0.25, 0.3) is 0 Å². The number of carbonyl (C=O) groups is 1. The molecule has 104 valence electrons. The molecule has 1 aromatic rings. The minimum absolute atomic E-state index is 0.0746. The molecule has 2 N–H and O–H groups in total. The second kappa shape index (κ2) is 6.66. The zero-order chi connectivity index (χ0) is 13.7. The van der Waals surface area contributed by atoms with E-state index in [0.29, 0.717) is 6.04 Å². The second-order valence-corrected chi connectivity index (χ2v) is 5.35. The number of nitrogens with zero attached hydrogens (tertiary/aromatic N) is 1. The van der Waals surface area contributed by atoms with Crippen LogP contribution in [-0.4, -0.2) is 23.0 Å². The molecule has 1 aliphatic rings. The van der Waals surface area contributed by atoms with E-state index in [0.717, 1.165) is 18.5 Å². The van der Waals surface area contributed by atoms with Gasteiger partial charge in [0.15, 0.2) is 0 Å². The monoisotopic (exact) mass is 261 g/mol. The zero-order valence-electron chi connectivity index (χ0n) is 11.7. The van der Waals surface area contributed by atoms with Crippen LogP contribution >= 0.6 is 0 Å². The first-order valence-corrected chi connectivity index (χ1v) is 7.14. The predicted octanol–water partition coefficient (Wildman–Crippen LogP) is 2.18. The van der Waals surface area contributed by atoms with Crippen molar-refractivity contribution < 1.29 is 4.79 Å². The fraction of sp³-hybridized carbons (Fsp3) is 0.600. The maximum Gasteiger partial charge on any atom is 0.237 e. The summed E-state index contributed by atoms with van der Waals surface area (Å²) >= 11 is 0. The van der Waals surface area contributed by atoms with Crippen LogP contribution in [0.2, 0.25) is 0 Å². The molecule has 4 nitrogen and oxygen atoms in total. The highest BCUT2D eigenvalue weighted by atomic mass is 16.2. The minimum atomic E-state index is -0.197. The second-order valence-electron chi connectivity index (χ2n) is 5.35. The van der Waals surface area contributed by atoms with Crippen molar-refractivity contribution >= 4 is 5.91 Å². The Morgan fingerprint density at radius 1 is 1.32 bits per heavy atom. The van der Waals surface area contributed by atoms with Crippen LogP contribution in [0, 0.1) is 0 Å². The van der Waals surface area contributed by atoms with E-state index in [1.165, 1.54) is 12.8 Å². The Kier molecular flexibility index (Phi) is 4.91. The van der Waals surface area contributed by atoms with E-state index in [1.54, 1.807) is 6.20 Å². The highest BCUT2D eigenvalue weighted by Crippen LogP contribution is 2.17. The third kappa shape index (κ3) is 4.03. The van der Waals surface area contributed by atoms with Gasteiger partial charge in [-0.15, -0.1) is 0 Å². The molecule has 0 aromatic carbocycles. The number of carbonyl (C=O) groups excluding carboxylic acids is 1. The van der Waals surface area contributed by atoms with E-state index >= 15 is 0 Å². The molecule has 19 heavy (non-hydrogen) atoms. The molecule has 1 aromatic heterocycles. The molecule has 1 unspecified atom stereocenters. The van der Waals surface area contributed by atoms with Crippen molar-refractivity contribution in [2.24, 2.45) is 0 Å². The molecule has 2 rings (SSSR count). The molecule has 1 saturated carbocycles. The van der Waals surface area contributed by atoms with Gasteiger partial charge < -0.3 is 5.32 Å². The standard InChI is InChI=1S/C15H23N3O/c1-11(14-9-5-6-10-16-14)17-12(2)15(19)18-13-7-3-4-8-13/h5-6,9-13,17H,3-4,7-8H2,1-2H3,(H,18,19)/t11-,12?/m0/s1. The first kappa shape index (κ1) is 14.0. The molecule has 0 radical (unpaired) electrons. The van der Waals surface area contributed by atoms with Crippen molar-refractivity contribution in [2.45, 2.75) is 57.7 Å². The summed E-state index contributed by atoms with van der Waals surface area (Å²) in [6.07, 6.45) is 6.48. The van der Waals surface area contributed by atoms with E-state index in [4.69, 9.17) is 0 Å². The van der Waals surface area contributed by atoms with Crippen LogP contribution in [0.3, 0.4) is 0 Å². The Bertz CT molecular complexity index is 401. The van der Waals surface area contributed by atoms with Crippen molar-refractivity contribution in [1.82, 2.24) is 15.6 Å². The highest BCUT2D eigenvalue weighted by Gasteiger charge is 2.21. The van der Waals surface area contributed by atoms with Gasteiger partial charge in [0.05, 0.1) is 11.7 Å². The number of nitrogens with one attached hydrogen (secondary N) is 2. The van der Waals surface area contributed by atoms with Crippen LogP contribution in [0.1, 0.15) is 51.3 Å². The molecule has 1 heterocycles. The van der Waals surface area contributed by atoms with Crippen LogP contribution in [0.5, 0.6) is 0 Å². The van der Waals surface area contributed by atoms with Gasteiger partial charge >= 0.3 is 0 Å². The van der Waals surface area contributed by atoms with Crippen molar-refractivity contribution in [2.75, 3.05) is 0 Å². The van der Waals surface area contributed by atoms with E-state index in [9.17, 15) is 4.79 Å². The van der Waals surface area contributed by atoms with Crippen molar-refractivity contribution in [3.63, 3.8) is 0 Å². The Morgan fingerprint density at radius 2 is 2.05 bits per heavy atom. The van der Waals surface area contributed by atoms with Gasteiger partial charge in [-0.3, -0.25) is 15.1 Å². The van der Waals surface area contributed by atoms with Gasteiger partial charge in [-0.2, -0.15) is 0 Å². The van der Waals surface area contributed by atoms with Crippen LogP contribution in [0.15, 0.2) is 24.4 Å². The van der Waals surface area contributed by atoms with E-state index < -0.39 is 0 Å². The molecule has 0 bridgehead atoms. The number of rotatable bonds is 5. The maximum absolute atomic E-state index is 12.1. The first-order chi connectivity index (χ1) is 9.16. The van der Waals surface area contributed by atoms with Gasteiger partial charge in [0, 0.05) is 18.3 Å². The van der Waals surface area contributed by atoms with Crippen molar-refractivity contribution in [3.05, 3.63) is 30.1 Å². The molecule has 0 spiro atoms. The molecule has 4 heteroatoms. The van der Waals surface area contributed by atoms with Gasteiger partial charge in [0.2, 0.25) is 5.91 Å². The normalized spacial score (nSPS) is 19.1. The van der Waals surface area contributed by atoms with Gasteiger partial charge in [-0.05, 0) is 38.8 Å². The number of hydrogen-bond acceptors (Lipinski definition) is 3. The Labute approximate surface area is 115 Å². The summed E-state index contributed by atoms with van der Waals surface area (Å²) < 4.78 is 0. The first-order valence-electron chi connectivity index (χ1n) is 7.14. The van der Waals surface area contributed by atoms with Gasteiger partial charge in [-0.25, -0.2) is 0 Å². The molecule has 1 aliphatic carbocycles. The lowest BCUT2D eigenvalue weighted by molar-refractivity contribution is -0.123. The van der Waals surface area contributed by atoms with Crippen molar-refractivity contribution in [1.29, 1.82) is 0 Å². The molecule has 1 amide bonds. The lowest BCUT2D eigenvalue weighted by Gasteiger charge is -2.21. The zero-order valence-corrected chi connectivity index (χ0v) is 11.7. The van der Waals surface area contributed by atoms with Gasteiger partial charge in [0.1, 0.15) is 0 Å². The third-order valence-electron chi connectivity index (χ3n) is 3.73. The summed E-state index contributed by atoms with van der Waals surface area (Å²) in [5, 5.41) is 6.41. The average Bonchev–Trinajstić information content (AvgIpc) is 2.92. The van der Waals surface area contributed by atoms with Crippen molar-refractivity contribution in [3.8, 4) is 0 Å². The summed E-state index contributed by atoms with van der Waals surface area (Å²) in [5.74, 6) is 0.0923. The predicted molar refractivity (Wildman–Crippen MR) is 75.6 cm³/mol. The molecule has 2 atom stereocenters. The summed E-state index contributed by atoms with van der Waals surface area (Å²) in [7, 11) is 0. The summed E-state index contributed by atoms with van der Waals surface area (Å²) in [4.78, 5) is 16.4. The van der Waals surface area contributed by atoms with E-state index in [-0.39, 0.29) is 18.0 Å². The lowest BCUT2D eigenvalue weighted by atomic mass is 10.1. The SMILES string of the molecule is CC(N[C@@H](C)c1ccccn1)C(=O)NC1CCCC1. The largest absolute Gasteiger partial charge is 0.352 e. The minimum Gasteiger partial charge on any atom is -0.352 e. The summed E-state index contributed by atoms with van der Waals surface area (Å²) in [5.41, 5.74) is 0.961. The Hall–Kier alpha value is -1.42. The fourth-order valence-corrected chi connectivity index (χ4v) is 2.56. The average molecular weight is 261 g/mol. The highest BCUT2D eigenvalue weighted by molar-refractivity contribution is 5.81. The van der Waals surface area contributed by atoms with Crippen LogP contribution in [-0.2, 0) is 4.79 Å². The smallest absolute Gasteiger partial charge is 0.237 e. The third-order valence-corrected chi connectivity index (χ3v) is 3.73. The Balaban J connectivity index is 1.82.